The molecule has 0 spiro atoms. The highest BCUT2D eigenvalue weighted by Crippen LogP contribution is 2.48. The zero-order valence-corrected chi connectivity index (χ0v) is 20.1. The minimum Gasteiger partial charge on any atom is -0.473 e. The van der Waals surface area contributed by atoms with Gasteiger partial charge >= 0.3 is 6.18 Å². The summed E-state index contributed by atoms with van der Waals surface area (Å²) in [7, 11) is -4.00. The van der Waals surface area contributed by atoms with Gasteiger partial charge in [0.15, 0.2) is 5.75 Å². The van der Waals surface area contributed by atoms with E-state index in [1.165, 1.54) is 6.07 Å². The van der Waals surface area contributed by atoms with Crippen molar-refractivity contribution in [1.82, 2.24) is 5.32 Å². The number of amides is 2. The number of fused-ring (bicyclic) bond motifs is 3. The number of nitrogens with one attached hydrogen (secondary N) is 3. The predicted octanol–water partition coefficient (Wildman–Crippen LogP) is 4.81. The number of hydrogen-bond acceptors (Lipinski definition) is 5. The fourth-order valence-corrected chi connectivity index (χ4v) is 5.24. The molecule has 2 aliphatic heterocycles. The maximum absolute atomic E-state index is 14.1. The maximum Gasteiger partial charge on any atom is 0.416 e. The predicted molar refractivity (Wildman–Crippen MR) is 125 cm³/mol. The summed E-state index contributed by atoms with van der Waals surface area (Å²) in [5.41, 5.74) is -2.81. The fourth-order valence-electron chi connectivity index (χ4n) is 4.19. The molecule has 0 fully saturated rings. The average Bonchev–Trinajstić information content (AvgIpc) is 3.16. The smallest absolute Gasteiger partial charge is 0.416 e. The number of carbonyl (C=O) groups excluding carboxylic acids is 2. The Balaban J connectivity index is 1.67. The van der Waals surface area contributed by atoms with E-state index in [1.807, 2.05) is 0 Å². The van der Waals surface area contributed by atoms with Gasteiger partial charge in [-0.25, -0.2) is 17.2 Å². The van der Waals surface area contributed by atoms with Crippen LogP contribution >= 0.6 is 11.6 Å². The molecule has 15 heteroatoms. The lowest BCUT2D eigenvalue weighted by Gasteiger charge is -2.24. The summed E-state index contributed by atoms with van der Waals surface area (Å²) in [6.45, 7) is 0. The van der Waals surface area contributed by atoms with Gasteiger partial charge in [-0.15, -0.1) is 0 Å². The fraction of sp³-hybridized carbons (Fsp3) is 0.130. The second kappa shape index (κ2) is 8.84. The number of benzene rings is 3. The Labute approximate surface area is 215 Å². The van der Waals surface area contributed by atoms with E-state index in [4.69, 9.17) is 16.3 Å². The van der Waals surface area contributed by atoms with Gasteiger partial charge < -0.3 is 15.4 Å². The molecule has 0 aliphatic carbocycles. The van der Waals surface area contributed by atoms with Gasteiger partial charge in [0, 0.05) is 27.4 Å². The number of rotatable bonds is 3. The molecule has 3 N–H and O–H groups in total. The molecule has 2 heterocycles. The number of alkyl halides is 3. The van der Waals surface area contributed by atoms with Crippen LogP contribution in [0.15, 0.2) is 42.5 Å². The first-order chi connectivity index (χ1) is 17.7. The van der Waals surface area contributed by atoms with E-state index in [1.54, 1.807) is 0 Å². The third kappa shape index (κ3) is 4.60. The molecule has 0 bridgehead atoms. The monoisotopic (exact) mass is 573 g/mol. The van der Waals surface area contributed by atoms with Crippen LogP contribution in [-0.2, 0) is 16.2 Å². The summed E-state index contributed by atoms with van der Waals surface area (Å²) in [4.78, 5) is 26.0. The van der Waals surface area contributed by atoms with Crippen molar-refractivity contribution < 1.29 is 44.7 Å². The Kier molecular flexibility index (Phi) is 5.98. The third-order valence-corrected chi connectivity index (χ3v) is 7.04. The van der Waals surface area contributed by atoms with Crippen LogP contribution in [0.25, 0.3) is 0 Å². The van der Waals surface area contributed by atoms with E-state index in [9.17, 15) is 40.0 Å². The van der Waals surface area contributed by atoms with E-state index in [-0.39, 0.29) is 44.9 Å². The molecule has 0 aromatic heterocycles. The molecule has 0 radical (unpaired) electrons. The lowest BCUT2D eigenvalue weighted by atomic mass is 9.94. The standard InChI is InChI=1S/C23H13ClF5N3O5S/c24-14-2-1-11(25)6-13(14)19-17-15(30-21(33)9-3-10(23(27,28)29)5-12(26)4-9)7-16-20(18(17)22(34)31-19)37-8-38(35,36)32-16/h1-7,19,32H,8H2,(H,30,33)(H,31,34). The number of halogens is 6. The molecule has 198 valence electrons. The average molecular weight is 574 g/mol. The molecular weight excluding hydrogens is 561 g/mol. The first-order valence-electron chi connectivity index (χ1n) is 10.5. The molecule has 2 aliphatic rings. The summed E-state index contributed by atoms with van der Waals surface area (Å²) in [5, 5.41) is 4.89. The Bertz CT molecular complexity index is 1650. The van der Waals surface area contributed by atoms with Crippen molar-refractivity contribution in [3.8, 4) is 5.75 Å². The van der Waals surface area contributed by atoms with E-state index in [0.717, 1.165) is 18.2 Å². The van der Waals surface area contributed by atoms with Gasteiger partial charge in [0.2, 0.25) is 5.94 Å². The molecule has 0 saturated heterocycles. The van der Waals surface area contributed by atoms with Crippen LogP contribution in [-0.4, -0.2) is 26.2 Å². The molecule has 5 rings (SSSR count). The number of hydrogen-bond donors (Lipinski definition) is 3. The van der Waals surface area contributed by atoms with E-state index >= 15 is 0 Å². The van der Waals surface area contributed by atoms with Crippen LogP contribution in [0.5, 0.6) is 5.75 Å². The molecule has 8 nitrogen and oxygen atoms in total. The van der Waals surface area contributed by atoms with Crippen molar-refractivity contribution >= 4 is 44.8 Å². The molecular formula is C23H13ClF5N3O5S. The van der Waals surface area contributed by atoms with Gasteiger partial charge in [-0.1, -0.05) is 11.6 Å². The van der Waals surface area contributed by atoms with Gasteiger partial charge in [-0.2, -0.15) is 13.2 Å². The quantitative estimate of drug-likeness (QED) is 0.389. The van der Waals surface area contributed by atoms with Gasteiger partial charge in [0.25, 0.3) is 21.8 Å². The van der Waals surface area contributed by atoms with Gasteiger partial charge in [-0.05, 0) is 42.5 Å². The zero-order valence-electron chi connectivity index (χ0n) is 18.5. The van der Waals surface area contributed by atoms with Crippen molar-refractivity contribution in [2.75, 3.05) is 16.0 Å². The molecule has 0 saturated carbocycles. The van der Waals surface area contributed by atoms with Crippen LogP contribution in [0.1, 0.15) is 43.4 Å². The van der Waals surface area contributed by atoms with Crippen LogP contribution < -0.4 is 20.1 Å². The van der Waals surface area contributed by atoms with Crippen molar-refractivity contribution in [2.45, 2.75) is 12.2 Å². The van der Waals surface area contributed by atoms with Crippen molar-refractivity contribution in [3.63, 3.8) is 0 Å². The van der Waals surface area contributed by atoms with Crippen molar-refractivity contribution in [1.29, 1.82) is 0 Å². The summed E-state index contributed by atoms with van der Waals surface area (Å²) < 4.78 is 99.1. The molecule has 3 aromatic rings. The largest absolute Gasteiger partial charge is 0.473 e. The Morgan fingerprint density at radius 3 is 2.53 bits per heavy atom. The summed E-state index contributed by atoms with van der Waals surface area (Å²) in [6, 6.07) is 4.42. The Morgan fingerprint density at radius 2 is 1.82 bits per heavy atom. The van der Waals surface area contributed by atoms with Gasteiger partial charge in [-0.3, -0.25) is 14.3 Å². The highest BCUT2D eigenvalue weighted by Gasteiger charge is 2.40. The minimum absolute atomic E-state index is 0.0249. The number of anilines is 2. The van der Waals surface area contributed by atoms with Crippen LogP contribution in [0, 0.1) is 11.6 Å². The summed E-state index contributed by atoms with van der Waals surface area (Å²) in [5.74, 6) is -5.06. The van der Waals surface area contributed by atoms with Gasteiger partial charge in [0.1, 0.15) is 11.6 Å². The summed E-state index contributed by atoms with van der Waals surface area (Å²) in [6.07, 6.45) is -4.95. The van der Waals surface area contributed by atoms with Gasteiger partial charge in [0.05, 0.1) is 22.9 Å². The zero-order chi connectivity index (χ0) is 27.6. The Morgan fingerprint density at radius 1 is 1.08 bits per heavy atom. The third-order valence-electron chi connectivity index (χ3n) is 5.74. The van der Waals surface area contributed by atoms with Crippen LogP contribution in [0.2, 0.25) is 5.02 Å². The number of sulfonamides is 1. The SMILES string of the molecule is O=C(Nc1cc2c(c3c1C(c1cc(F)ccc1Cl)NC3=O)OCS(=O)(=O)N2)c1cc(F)cc(C(F)(F)F)c1. The molecule has 38 heavy (non-hydrogen) atoms. The molecule has 3 aromatic carbocycles. The summed E-state index contributed by atoms with van der Waals surface area (Å²) >= 11 is 6.23. The van der Waals surface area contributed by atoms with E-state index in [0.29, 0.717) is 12.1 Å². The molecule has 1 unspecified atom stereocenters. The van der Waals surface area contributed by atoms with Crippen LogP contribution in [0.4, 0.5) is 33.3 Å². The first-order valence-corrected chi connectivity index (χ1v) is 12.6. The lowest BCUT2D eigenvalue weighted by Crippen LogP contribution is -2.27. The van der Waals surface area contributed by atoms with E-state index < -0.39 is 62.8 Å². The Hall–Kier alpha value is -3.91. The first kappa shape index (κ1) is 25.7. The second-order valence-corrected chi connectivity index (χ2v) is 10.4. The second-order valence-electron chi connectivity index (χ2n) is 8.32. The normalized spacial score (nSPS) is 17.5. The molecule has 2 amide bonds. The van der Waals surface area contributed by atoms with Crippen molar-refractivity contribution in [3.05, 3.63) is 86.9 Å². The number of ether oxygens (including phenoxy) is 1. The maximum atomic E-state index is 14.1. The van der Waals surface area contributed by atoms with E-state index in [2.05, 4.69) is 15.4 Å². The van der Waals surface area contributed by atoms with Crippen molar-refractivity contribution in [2.24, 2.45) is 0 Å². The van der Waals surface area contributed by atoms with Crippen LogP contribution in [0.3, 0.4) is 0 Å². The molecule has 1 atom stereocenters. The topological polar surface area (TPSA) is 114 Å². The number of carbonyl (C=O) groups is 2. The highest BCUT2D eigenvalue weighted by atomic mass is 35.5. The lowest BCUT2D eigenvalue weighted by molar-refractivity contribution is -0.137. The minimum atomic E-state index is -4.95. The highest BCUT2D eigenvalue weighted by molar-refractivity contribution is 7.92.